The Hall–Kier alpha value is -1.25. The molecule has 100 valence electrons. The van der Waals surface area contributed by atoms with Crippen molar-refractivity contribution in [3.05, 3.63) is 28.3 Å². The van der Waals surface area contributed by atoms with Crippen molar-refractivity contribution in [1.29, 1.82) is 0 Å². The highest BCUT2D eigenvalue weighted by Gasteiger charge is 2.27. The molecule has 1 amide bonds. The molecule has 1 aromatic rings. The van der Waals surface area contributed by atoms with Gasteiger partial charge in [0, 0.05) is 6.54 Å². The van der Waals surface area contributed by atoms with E-state index >= 15 is 0 Å². The Morgan fingerprint density at radius 3 is 2.50 bits per heavy atom. The van der Waals surface area contributed by atoms with Gasteiger partial charge in [-0.1, -0.05) is 11.6 Å². The monoisotopic (exact) mass is 298 g/mol. The van der Waals surface area contributed by atoms with Crippen molar-refractivity contribution in [2.75, 3.05) is 6.54 Å². The highest BCUT2D eigenvalue weighted by atomic mass is 35.5. The van der Waals surface area contributed by atoms with Crippen molar-refractivity contribution < 1.29 is 22.0 Å². The molecule has 1 aromatic carbocycles. The van der Waals surface area contributed by atoms with Crippen LogP contribution in [-0.2, 0) is 10.0 Å². The lowest BCUT2D eigenvalue weighted by Crippen LogP contribution is -2.25. The van der Waals surface area contributed by atoms with Crippen LogP contribution < -0.4 is 10.5 Å². The van der Waals surface area contributed by atoms with E-state index in [2.05, 4.69) is 5.32 Å². The molecule has 3 N–H and O–H groups in total. The summed E-state index contributed by atoms with van der Waals surface area (Å²) in [4.78, 5) is 10.3. The number of nitrogens with two attached hydrogens (primary N) is 1. The molecular weight excluding hydrogens is 290 g/mol. The Kier molecular flexibility index (Phi) is 4.25. The SMILES string of the molecule is CCNC(=O)c1cc(F)c(F)c(S(N)(=O)=O)c1Cl. The lowest BCUT2D eigenvalue weighted by molar-refractivity contribution is 0.0955. The maximum atomic E-state index is 13.3. The Balaban J connectivity index is 3.60. The number of primary sulfonamides is 1. The minimum absolute atomic E-state index is 0.207. The minimum Gasteiger partial charge on any atom is -0.352 e. The second-order valence-electron chi connectivity index (χ2n) is 3.27. The lowest BCUT2D eigenvalue weighted by Gasteiger charge is -2.09. The van der Waals surface area contributed by atoms with Crippen molar-refractivity contribution in [1.82, 2.24) is 5.32 Å². The van der Waals surface area contributed by atoms with Gasteiger partial charge in [0.15, 0.2) is 11.6 Å². The quantitative estimate of drug-likeness (QED) is 0.816. The fourth-order valence-electron chi connectivity index (χ4n) is 1.25. The number of halogens is 3. The Labute approximate surface area is 107 Å². The zero-order valence-electron chi connectivity index (χ0n) is 9.13. The highest BCUT2D eigenvalue weighted by molar-refractivity contribution is 7.89. The molecule has 0 unspecified atom stereocenters. The molecule has 0 aliphatic rings. The molecule has 9 heteroatoms. The van der Waals surface area contributed by atoms with Crippen molar-refractivity contribution in [2.45, 2.75) is 11.8 Å². The van der Waals surface area contributed by atoms with E-state index in [0.29, 0.717) is 6.07 Å². The van der Waals surface area contributed by atoms with Crippen LogP contribution in [0.2, 0.25) is 5.02 Å². The number of carbonyl (C=O) groups is 1. The molecule has 0 heterocycles. The van der Waals surface area contributed by atoms with Gasteiger partial charge in [-0.25, -0.2) is 22.3 Å². The summed E-state index contributed by atoms with van der Waals surface area (Å²) < 4.78 is 48.8. The molecule has 0 aliphatic carbocycles. The van der Waals surface area contributed by atoms with Gasteiger partial charge < -0.3 is 5.32 Å². The highest BCUT2D eigenvalue weighted by Crippen LogP contribution is 2.29. The number of hydrogen-bond donors (Lipinski definition) is 2. The van der Waals surface area contributed by atoms with Crippen molar-refractivity contribution in [2.24, 2.45) is 5.14 Å². The third-order valence-corrected chi connectivity index (χ3v) is 3.44. The number of hydrogen-bond acceptors (Lipinski definition) is 3. The van der Waals surface area contributed by atoms with E-state index in [4.69, 9.17) is 16.7 Å². The van der Waals surface area contributed by atoms with Crippen LogP contribution in [0.3, 0.4) is 0 Å². The van der Waals surface area contributed by atoms with E-state index in [1.807, 2.05) is 0 Å². The zero-order valence-corrected chi connectivity index (χ0v) is 10.7. The van der Waals surface area contributed by atoms with Crippen molar-refractivity contribution in [3.63, 3.8) is 0 Å². The number of rotatable bonds is 3. The van der Waals surface area contributed by atoms with Gasteiger partial charge in [0.25, 0.3) is 5.91 Å². The van der Waals surface area contributed by atoms with E-state index in [0.717, 1.165) is 0 Å². The van der Waals surface area contributed by atoms with Crippen LogP contribution in [0.1, 0.15) is 17.3 Å². The summed E-state index contributed by atoms with van der Waals surface area (Å²) >= 11 is 5.57. The summed E-state index contributed by atoms with van der Waals surface area (Å²) in [5.74, 6) is -4.06. The molecule has 0 aliphatic heterocycles. The van der Waals surface area contributed by atoms with Gasteiger partial charge in [-0.15, -0.1) is 0 Å². The van der Waals surface area contributed by atoms with Crippen molar-refractivity contribution >= 4 is 27.5 Å². The average molecular weight is 299 g/mol. The van der Waals surface area contributed by atoms with Gasteiger partial charge in [0.2, 0.25) is 10.0 Å². The Morgan fingerprint density at radius 1 is 1.50 bits per heavy atom. The first kappa shape index (κ1) is 14.8. The summed E-state index contributed by atoms with van der Waals surface area (Å²) in [7, 11) is -4.58. The molecule has 5 nitrogen and oxygen atoms in total. The molecule has 0 bridgehead atoms. The van der Waals surface area contributed by atoms with Crippen LogP contribution in [0.4, 0.5) is 8.78 Å². The van der Waals surface area contributed by atoms with E-state index in [1.165, 1.54) is 0 Å². The molecule has 18 heavy (non-hydrogen) atoms. The maximum absolute atomic E-state index is 13.3. The molecule has 0 saturated carbocycles. The minimum atomic E-state index is -4.58. The van der Waals surface area contributed by atoms with E-state index in [9.17, 15) is 22.0 Å². The molecule has 0 aromatic heterocycles. The Morgan fingerprint density at radius 2 is 2.06 bits per heavy atom. The summed E-state index contributed by atoms with van der Waals surface area (Å²) in [6.45, 7) is 1.80. The van der Waals surface area contributed by atoms with E-state index < -0.39 is 43.0 Å². The largest absolute Gasteiger partial charge is 0.352 e. The fraction of sp³-hybridized carbons (Fsp3) is 0.222. The first-order valence-electron chi connectivity index (χ1n) is 4.68. The number of carbonyl (C=O) groups excluding carboxylic acids is 1. The molecule has 0 atom stereocenters. The predicted octanol–water partition coefficient (Wildman–Crippen LogP) is 1.02. The van der Waals surface area contributed by atoms with Crippen LogP contribution in [0.25, 0.3) is 0 Å². The number of benzene rings is 1. The first-order valence-corrected chi connectivity index (χ1v) is 6.61. The number of nitrogens with one attached hydrogen (secondary N) is 1. The molecule has 0 fully saturated rings. The van der Waals surface area contributed by atoms with Crippen molar-refractivity contribution in [3.8, 4) is 0 Å². The van der Waals surface area contributed by atoms with Gasteiger partial charge >= 0.3 is 0 Å². The molecule has 0 radical (unpaired) electrons. The standard InChI is InChI=1S/C9H9ClF2N2O3S/c1-2-14-9(15)4-3-5(11)7(12)8(6(4)10)18(13,16)17/h3H,2H2,1H3,(H,14,15)(H2,13,16,17). The van der Waals surface area contributed by atoms with Crippen LogP contribution in [0.15, 0.2) is 11.0 Å². The van der Waals surface area contributed by atoms with Gasteiger partial charge in [0.05, 0.1) is 10.6 Å². The summed E-state index contributed by atoms with van der Waals surface area (Å²) in [5, 5.41) is 6.25. The summed E-state index contributed by atoms with van der Waals surface area (Å²) in [5.41, 5.74) is -0.499. The van der Waals surface area contributed by atoms with E-state index in [1.54, 1.807) is 6.92 Å². The van der Waals surface area contributed by atoms with Gasteiger partial charge in [-0.05, 0) is 13.0 Å². The smallest absolute Gasteiger partial charge is 0.252 e. The lowest BCUT2D eigenvalue weighted by atomic mass is 10.2. The third-order valence-electron chi connectivity index (χ3n) is 1.98. The average Bonchev–Trinajstić information content (AvgIpc) is 2.22. The van der Waals surface area contributed by atoms with Crippen LogP contribution in [0, 0.1) is 11.6 Å². The fourth-order valence-corrected chi connectivity index (χ4v) is 2.50. The molecule has 0 saturated heterocycles. The number of amides is 1. The third kappa shape index (κ3) is 2.77. The Bertz CT molecular complexity index is 604. The number of sulfonamides is 1. The molecule has 0 spiro atoms. The maximum Gasteiger partial charge on any atom is 0.252 e. The topological polar surface area (TPSA) is 89.3 Å². The second kappa shape index (κ2) is 5.17. The first-order chi connectivity index (χ1) is 8.20. The van der Waals surface area contributed by atoms with E-state index in [-0.39, 0.29) is 6.54 Å². The second-order valence-corrected chi connectivity index (χ2v) is 5.14. The zero-order chi connectivity index (χ0) is 14.1. The summed E-state index contributed by atoms with van der Waals surface area (Å²) in [6.07, 6.45) is 0. The van der Waals surface area contributed by atoms with Gasteiger partial charge in [-0.2, -0.15) is 0 Å². The van der Waals surface area contributed by atoms with Gasteiger partial charge in [-0.3, -0.25) is 4.79 Å². The summed E-state index contributed by atoms with van der Waals surface area (Å²) in [6, 6.07) is 0.511. The normalized spacial score (nSPS) is 11.4. The predicted molar refractivity (Wildman–Crippen MR) is 60.7 cm³/mol. The molecule has 1 rings (SSSR count). The van der Waals surface area contributed by atoms with Crippen LogP contribution in [0.5, 0.6) is 0 Å². The molecular formula is C9H9ClF2N2O3S. The van der Waals surface area contributed by atoms with Crippen LogP contribution in [-0.4, -0.2) is 20.9 Å². The van der Waals surface area contributed by atoms with Gasteiger partial charge in [0.1, 0.15) is 4.90 Å². The van der Waals surface area contributed by atoms with Crippen LogP contribution >= 0.6 is 11.6 Å².